The van der Waals surface area contributed by atoms with Gasteiger partial charge in [-0.2, -0.15) is 13.5 Å². The van der Waals surface area contributed by atoms with Crippen LogP contribution in [-0.4, -0.2) is 21.7 Å². The number of nitrogens with zero attached hydrogens (tertiary/aromatic N) is 1. The highest BCUT2D eigenvalue weighted by molar-refractivity contribution is 9.10. The number of nitrogens with one attached hydrogen (secondary N) is 1. The fourth-order valence-corrected chi connectivity index (χ4v) is 4.00. The molecule has 0 aromatic heterocycles. The Labute approximate surface area is 184 Å². The zero-order chi connectivity index (χ0) is 21.6. The first kappa shape index (κ1) is 21.9. The SMILES string of the molecule is COc1cc(/C=N/NS(=O)(=O)c2ccccc2)cc(Br)c1OCc1ccc(C)cc1. The van der Waals surface area contributed by atoms with Gasteiger partial charge in [-0.15, -0.1) is 0 Å². The molecule has 3 aromatic carbocycles. The summed E-state index contributed by atoms with van der Waals surface area (Å²) in [5.41, 5.74) is 2.86. The Balaban J connectivity index is 1.73. The molecule has 6 nitrogen and oxygen atoms in total. The van der Waals surface area contributed by atoms with Crippen LogP contribution in [0.1, 0.15) is 16.7 Å². The molecule has 156 valence electrons. The van der Waals surface area contributed by atoms with E-state index in [1.807, 2.05) is 31.2 Å². The summed E-state index contributed by atoms with van der Waals surface area (Å²) in [5, 5.41) is 3.86. The van der Waals surface area contributed by atoms with Gasteiger partial charge in [0.2, 0.25) is 0 Å². The summed E-state index contributed by atoms with van der Waals surface area (Å²) in [6.45, 7) is 2.42. The van der Waals surface area contributed by atoms with Crippen molar-refractivity contribution in [2.75, 3.05) is 7.11 Å². The number of benzene rings is 3. The van der Waals surface area contributed by atoms with Gasteiger partial charge in [0.15, 0.2) is 11.5 Å². The van der Waals surface area contributed by atoms with E-state index in [2.05, 4.69) is 25.9 Å². The first-order valence-corrected chi connectivity index (χ1v) is 11.3. The van der Waals surface area contributed by atoms with Gasteiger partial charge in [-0.25, -0.2) is 4.83 Å². The molecule has 30 heavy (non-hydrogen) atoms. The zero-order valence-corrected chi connectivity index (χ0v) is 18.9. The Kier molecular flexibility index (Phi) is 7.12. The summed E-state index contributed by atoms with van der Waals surface area (Å²) in [4.78, 5) is 2.34. The van der Waals surface area contributed by atoms with E-state index in [-0.39, 0.29) is 4.90 Å². The number of aryl methyl sites for hydroxylation is 1. The lowest BCUT2D eigenvalue weighted by Gasteiger charge is -2.13. The van der Waals surface area contributed by atoms with Crippen molar-refractivity contribution < 1.29 is 17.9 Å². The molecule has 0 saturated carbocycles. The Hall–Kier alpha value is -2.84. The van der Waals surface area contributed by atoms with Crippen LogP contribution in [0.3, 0.4) is 0 Å². The minimum atomic E-state index is -3.72. The minimum Gasteiger partial charge on any atom is -0.493 e. The number of methoxy groups -OCH3 is 1. The zero-order valence-electron chi connectivity index (χ0n) is 16.5. The lowest BCUT2D eigenvalue weighted by atomic mass is 10.2. The molecule has 3 aromatic rings. The number of hydrogen-bond donors (Lipinski definition) is 1. The monoisotopic (exact) mass is 488 g/mol. The standard InChI is InChI=1S/C22H21BrN2O4S/c1-16-8-10-17(11-9-16)15-29-22-20(23)12-18(13-21(22)28-2)14-24-25-30(26,27)19-6-4-3-5-7-19/h3-14,25H,15H2,1-2H3/b24-14+. The summed E-state index contributed by atoms with van der Waals surface area (Å²) >= 11 is 3.49. The van der Waals surface area contributed by atoms with E-state index in [0.29, 0.717) is 28.1 Å². The fraction of sp³-hybridized carbons (Fsp3) is 0.136. The minimum absolute atomic E-state index is 0.140. The molecule has 0 radical (unpaired) electrons. The molecule has 0 spiro atoms. The second-order valence-electron chi connectivity index (χ2n) is 6.47. The van der Waals surface area contributed by atoms with Gasteiger partial charge in [-0.3, -0.25) is 0 Å². The Morgan fingerprint density at radius 2 is 1.77 bits per heavy atom. The maximum Gasteiger partial charge on any atom is 0.276 e. The second kappa shape index (κ2) is 9.77. The summed E-state index contributed by atoms with van der Waals surface area (Å²) in [7, 11) is -2.18. The van der Waals surface area contributed by atoms with Crippen molar-refractivity contribution in [3.05, 3.63) is 87.9 Å². The third-order valence-electron chi connectivity index (χ3n) is 4.20. The quantitative estimate of drug-likeness (QED) is 0.369. The van der Waals surface area contributed by atoms with Crippen LogP contribution in [0.5, 0.6) is 11.5 Å². The first-order chi connectivity index (χ1) is 14.4. The molecule has 0 fully saturated rings. The van der Waals surface area contributed by atoms with Gasteiger partial charge in [-0.05, 0) is 58.2 Å². The van der Waals surface area contributed by atoms with Crippen molar-refractivity contribution in [2.24, 2.45) is 5.10 Å². The number of sulfonamides is 1. The van der Waals surface area contributed by atoms with Gasteiger partial charge in [0.25, 0.3) is 10.0 Å². The molecule has 8 heteroatoms. The predicted molar refractivity (Wildman–Crippen MR) is 121 cm³/mol. The summed E-state index contributed by atoms with van der Waals surface area (Å²) in [6.07, 6.45) is 1.40. The molecular formula is C22H21BrN2O4S. The predicted octanol–water partition coefficient (Wildman–Crippen LogP) is 4.66. The van der Waals surface area contributed by atoms with Gasteiger partial charge in [0.05, 0.1) is 22.7 Å². The van der Waals surface area contributed by atoms with Gasteiger partial charge in [-0.1, -0.05) is 48.0 Å². The molecule has 0 saturated heterocycles. The van der Waals surface area contributed by atoms with Crippen molar-refractivity contribution in [3.63, 3.8) is 0 Å². The van der Waals surface area contributed by atoms with Crippen molar-refractivity contribution in [2.45, 2.75) is 18.4 Å². The lowest BCUT2D eigenvalue weighted by molar-refractivity contribution is 0.282. The molecule has 1 N–H and O–H groups in total. The molecule has 0 unspecified atom stereocenters. The average molecular weight is 489 g/mol. The fourth-order valence-electron chi connectivity index (χ4n) is 2.62. The van der Waals surface area contributed by atoms with Crippen LogP contribution in [0.2, 0.25) is 0 Å². The Morgan fingerprint density at radius 1 is 1.07 bits per heavy atom. The summed E-state index contributed by atoms with van der Waals surface area (Å²) < 4.78 is 36.5. The van der Waals surface area contributed by atoms with E-state index in [1.165, 1.54) is 23.9 Å². The van der Waals surface area contributed by atoms with Gasteiger partial charge < -0.3 is 9.47 Å². The van der Waals surface area contributed by atoms with Crippen LogP contribution in [0.15, 0.2) is 81.2 Å². The number of hydrogen-bond acceptors (Lipinski definition) is 5. The van der Waals surface area contributed by atoms with Gasteiger partial charge in [0.1, 0.15) is 6.61 Å². The molecule has 3 rings (SSSR count). The molecule has 0 aliphatic heterocycles. The van der Waals surface area contributed by atoms with Gasteiger partial charge >= 0.3 is 0 Å². The maximum atomic E-state index is 12.2. The van der Waals surface area contributed by atoms with Crippen molar-refractivity contribution >= 4 is 32.2 Å². The second-order valence-corrected chi connectivity index (χ2v) is 8.99. The first-order valence-electron chi connectivity index (χ1n) is 9.05. The molecule has 0 aliphatic carbocycles. The largest absolute Gasteiger partial charge is 0.493 e. The average Bonchev–Trinajstić information content (AvgIpc) is 2.74. The molecule has 0 amide bonds. The lowest BCUT2D eigenvalue weighted by Crippen LogP contribution is -2.18. The topological polar surface area (TPSA) is 77.0 Å². The number of ether oxygens (including phenoxy) is 2. The Bertz CT molecular complexity index is 1130. The van der Waals surface area contributed by atoms with Crippen LogP contribution in [0, 0.1) is 6.92 Å². The molecule has 0 aliphatic rings. The van der Waals surface area contributed by atoms with Crippen LogP contribution < -0.4 is 14.3 Å². The highest BCUT2D eigenvalue weighted by Gasteiger charge is 2.13. The van der Waals surface area contributed by atoms with Crippen molar-refractivity contribution in [1.29, 1.82) is 0 Å². The molecule has 0 bridgehead atoms. The van der Waals surface area contributed by atoms with E-state index >= 15 is 0 Å². The van der Waals surface area contributed by atoms with Crippen molar-refractivity contribution in [3.8, 4) is 11.5 Å². The highest BCUT2D eigenvalue weighted by Crippen LogP contribution is 2.36. The molecule has 0 heterocycles. The van der Waals surface area contributed by atoms with Crippen LogP contribution in [-0.2, 0) is 16.6 Å². The van der Waals surface area contributed by atoms with E-state index in [0.717, 1.165) is 5.56 Å². The van der Waals surface area contributed by atoms with Gasteiger partial charge in [0, 0.05) is 0 Å². The van der Waals surface area contributed by atoms with Crippen LogP contribution >= 0.6 is 15.9 Å². The third-order valence-corrected chi connectivity index (χ3v) is 6.02. The van der Waals surface area contributed by atoms with Crippen LogP contribution in [0.4, 0.5) is 0 Å². The summed E-state index contributed by atoms with van der Waals surface area (Å²) in [5.74, 6) is 1.06. The number of rotatable bonds is 8. The smallest absolute Gasteiger partial charge is 0.276 e. The maximum absolute atomic E-state index is 12.2. The van der Waals surface area contributed by atoms with Crippen molar-refractivity contribution in [1.82, 2.24) is 4.83 Å². The molecule has 0 atom stereocenters. The van der Waals surface area contributed by atoms with Crippen LogP contribution in [0.25, 0.3) is 0 Å². The van der Waals surface area contributed by atoms with E-state index in [9.17, 15) is 8.42 Å². The summed E-state index contributed by atoms with van der Waals surface area (Å²) in [6, 6.07) is 19.6. The third kappa shape index (κ3) is 5.61. The Morgan fingerprint density at radius 3 is 2.43 bits per heavy atom. The highest BCUT2D eigenvalue weighted by atomic mass is 79.9. The number of hydrazone groups is 1. The van der Waals surface area contributed by atoms with E-state index in [1.54, 1.807) is 37.4 Å². The van der Waals surface area contributed by atoms with E-state index in [4.69, 9.17) is 9.47 Å². The molecular weight excluding hydrogens is 468 g/mol. The normalized spacial score (nSPS) is 11.4. The number of halogens is 1. The van der Waals surface area contributed by atoms with E-state index < -0.39 is 10.0 Å².